The lowest BCUT2D eigenvalue weighted by atomic mass is 10.1. The fraction of sp³-hybridized carbons (Fsp3) is 0.381. The van der Waals surface area contributed by atoms with Crippen molar-refractivity contribution in [3.8, 4) is 0 Å². The summed E-state index contributed by atoms with van der Waals surface area (Å²) in [6.45, 7) is 3.93. The quantitative estimate of drug-likeness (QED) is 0.716. The Bertz CT molecular complexity index is 1020. The molecule has 0 N–H and O–H groups in total. The number of sulfonamides is 1. The molecule has 0 atom stereocenters. The first-order valence-electron chi connectivity index (χ1n) is 9.93. The van der Waals surface area contributed by atoms with Crippen LogP contribution in [0.5, 0.6) is 0 Å². The maximum Gasteiger partial charge on any atom is 0.254 e. The molecule has 0 aliphatic carbocycles. The number of hydrogen-bond acceptors (Lipinski definition) is 5. The molecule has 2 heterocycles. The third kappa shape index (κ3) is 4.46. The molecule has 0 spiro atoms. The highest BCUT2D eigenvalue weighted by molar-refractivity contribution is 7.89. The fourth-order valence-electron chi connectivity index (χ4n) is 3.75. The van der Waals surface area contributed by atoms with Crippen molar-refractivity contribution in [1.29, 1.82) is 0 Å². The van der Waals surface area contributed by atoms with Crippen molar-refractivity contribution in [2.24, 2.45) is 0 Å². The van der Waals surface area contributed by atoms with E-state index in [2.05, 4.69) is 4.90 Å². The summed E-state index contributed by atoms with van der Waals surface area (Å²) in [6.07, 6.45) is 0. The molecular formula is C21H24ClN3O4S. The molecule has 2 aliphatic rings. The standard InChI is InChI=1S/C21H24ClN3O4S/c22-18-4-2-5-19(16-18)23-7-9-24(10-8-23)21(26)17-3-1-6-20(15-17)30(27,28)25-11-13-29-14-12-25/h1-6,15-16H,7-14H2. The summed E-state index contributed by atoms with van der Waals surface area (Å²) in [6, 6.07) is 14.0. The van der Waals surface area contributed by atoms with Crippen LogP contribution in [0.2, 0.25) is 5.02 Å². The monoisotopic (exact) mass is 449 g/mol. The lowest BCUT2D eigenvalue weighted by Gasteiger charge is -2.36. The number of anilines is 1. The average molecular weight is 450 g/mol. The van der Waals surface area contributed by atoms with Crippen LogP contribution in [0.3, 0.4) is 0 Å². The Morgan fingerprint density at radius 1 is 0.900 bits per heavy atom. The molecule has 2 saturated heterocycles. The Labute approximate surface area is 181 Å². The molecule has 2 aromatic rings. The highest BCUT2D eigenvalue weighted by atomic mass is 35.5. The molecule has 1 amide bonds. The predicted octanol–water partition coefficient (Wildman–Crippen LogP) is 2.32. The maximum absolute atomic E-state index is 13.0. The van der Waals surface area contributed by atoms with Gasteiger partial charge < -0.3 is 14.5 Å². The number of hydrogen-bond donors (Lipinski definition) is 0. The molecule has 0 saturated carbocycles. The van der Waals surface area contributed by atoms with Crippen LogP contribution in [0.15, 0.2) is 53.4 Å². The number of rotatable bonds is 4. The van der Waals surface area contributed by atoms with Crippen LogP contribution in [-0.4, -0.2) is 76.0 Å². The molecule has 4 rings (SSSR count). The summed E-state index contributed by atoms with van der Waals surface area (Å²) < 4.78 is 32.4. The zero-order chi connectivity index (χ0) is 21.1. The summed E-state index contributed by atoms with van der Waals surface area (Å²) in [7, 11) is -3.64. The topological polar surface area (TPSA) is 70.2 Å². The summed E-state index contributed by atoms with van der Waals surface area (Å²) in [5.41, 5.74) is 1.42. The number of nitrogens with zero attached hydrogens (tertiary/aromatic N) is 3. The molecule has 0 radical (unpaired) electrons. The second kappa shape index (κ2) is 8.93. The van der Waals surface area contributed by atoms with Crippen LogP contribution in [0.25, 0.3) is 0 Å². The van der Waals surface area contributed by atoms with E-state index in [0.29, 0.717) is 63.1 Å². The zero-order valence-electron chi connectivity index (χ0n) is 16.5. The predicted molar refractivity (Wildman–Crippen MR) is 116 cm³/mol. The largest absolute Gasteiger partial charge is 0.379 e. The lowest BCUT2D eigenvalue weighted by molar-refractivity contribution is 0.0729. The van der Waals surface area contributed by atoms with Crippen LogP contribution >= 0.6 is 11.6 Å². The maximum atomic E-state index is 13.0. The van der Waals surface area contributed by atoms with E-state index in [1.54, 1.807) is 23.1 Å². The first kappa shape index (κ1) is 21.1. The molecule has 30 heavy (non-hydrogen) atoms. The van der Waals surface area contributed by atoms with Crippen molar-refractivity contribution in [2.45, 2.75) is 4.90 Å². The van der Waals surface area contributed by atoms with E-state index in [-0.39, 0.29) is 10.8 Å². The molecular weight excluding hydrogens is 426 g/mol. The van der Waals surface area contributed by atoms with E-state index < -0.39 is 10.0 Å². The van der Waals surface area contributed by atoms with Gasteiger partial charge in [0, 0.05) is 55.5 Å². The minimum atomic E-state index is -3.64. The van der Waals surface area contributed by atoms with Gasteiger partial charge in [0.1, 0.15) is 0 Å². The first-order chi connectivity index (χ1) is 14.4. The molecule has 7 nitrogen and oxygen atoms in total. The van der Waals surface area contributed by atoms with E-state index in [9.17, 15) is 13.2 Å². The Kier molecular flexibility index (Phi) is 6.29. The van der Waals surface area contributed by atoms with Crippen molar-refractivity contribution in [3.05, 3.63) is 59.1 Å². The summed E-state index contributed by atoms with van der Waals surface area (Å²) in [4.78, 5) is 17.1. The van der Waals surface area contributed by atoms with Gasteiger partial charge in [-0.25, -0.2) is 8.42 Å². The number of carbonyl (C=O) groups excluding carboxylic acids is 1. The van der Waals surface area contributed by atoms with Crippen LogP contribution in [0.1, 0.15) is 10.4 Å². The van der Waals surface area contributed by atoms with Crippen LogP contribution in [0, 0.1) is 0 Å². The Hall–Kier alpha value is -2.13. The number of benzene rings is 2. The van der Waals surface area contributed by atoms with Gasteiger partial charge in [-0.15, -0.1) is 0 Å². The van der Waals surface area contributed by atoms with Gasteiger partial charge in [0.2, 0.25) is 10.0 Å². The minimum Gasteiger partial charge on any atom is -0.379 e. The highest BCUT2D eigenvalue weighted by Crippen LogP contribution is 2.22. The van der Waals surface area contributed by atoms with Crippen LogP contribution < -0.4 is 4.90 Å². The Balaban J connectivity index is 1.45. The number of carbonyl (C=O) groups is 1. The molecule has 2 fully saturated rings. The van der Waals surface area contributed by atoms with Gasteiger partial charge in [0.15, 0.2) is 0 Å². The van der Waals surface area contributed by atoms with Gasteiger partial charge in [0.05, 0.1) is 18.1 Å². The molecule has 2 aliphatic heterocycles. The van der Waals surface area contributed by atoms with Crippen molar-refractivity contribution in [3.63, 3.8) is 0 Å². The second-order valence-electron chi connectivity index (χ2n) is 7.30. The number of halogens is 1. The average Bonchev–Trinajstić information content (AvgIpc) is 2.79. The number of amides is 1. The van der Waals surface area contributed by atoms with Gasteiger partial charge in [-0.3, -0.25) is 4.79 Å². The van der Waals surface area contributed by atoms with E-state index in [1.165, 1.54) is 10.4 Å². The summed E-state index contributed by atoms with van der Waals surface area (Å²) >= 11 is 6.08. The fourth-order valence-corrected chi connectivity index (χ4v) is 5.39. The molecule has 9 heteroatoms. The third-order valence-electron chi connectivity index (χ3n) is 5.43. The Morgan fingerprint density at radius 3 is 2.30 bits per heavy atom. The van der Waals surface area contributed by atoms with Gasteiger partial charge in [-0.2, -0.15) is 4.31 Å². The lowest BCUT2D eigenvalue weighted by Crippen LogP contribution is -2.48. The van der Waals surface area contributed by atoms with Crippen LogP contribution in [-0.2, 0) is 14.8 Å². The molecule has 2 aromatic carbocycles. The van der Waals surface area contributed by atoms with E-state index in [0.717, 1.165) is 5.69 Å². The van der Waals surface area contributed by atoms with Crippen molar-refractivity contribution in [2.75, 3.05) is 57.4 Å². The molecule has 0 bridgehead atoms. The number of morpholine rings is 1. The van der Waals surface area contributed by atoms with Gasteiger partial charge >= 0.3 is 0 Å². The first-order valence-corrected chi connectivity index (χ1v) is 11.7. The van der Waals surface area contributed by atoms with Gasteiger partial charge in [0.25, 0.3) is 5.91 Å². The zero-order valence-corrected chi connectivity index (χ0v) is 18.1. The van der Waals surface area contributed by atoms with Crippen molar-refractivity contribution >= 4 is 33.2 Å². The van der Waals surface area contributed by atoms with Crippen molar-refractivity contribution in [1.82, 2.24) is 9.21 Å². The van der Waals surface area contributed by atoms with E-state index in [1.807, 2.05) is 24.3 Å². The van der Waals surface area contributed by atoms with E-state index in [4.69, 9.17) is 16.3 Å². The summed E-state index contributed by atoms with van der Waals surface area (Å²) in [5.74, 6) is -0.153. The number of ether oxygens (including phenoxy) is 1. The minimum absolute atomic E-state index is 0.146. The second-order valence-corrected chi connectivity index (χ2v) is 9.68. The molecule has 0 unspecified atom stereocenters. The van der Waals surface area contributed by atoms with Crippen LogP contribution in [0.4, 0.5) is 5.69 Å². The summed E-state index contributed by atoms with van der Waals surface area (Å²) in [5, 5.41) is 0.685. The third-order valence-corrected chi connectivity index (χ3v) is 7.56. The smallest absolute Gasteiger partial charge is 0.254 e. The molecule has 160 valence electrons. The number of piperazine rings is 1. The highest BCUT2D eigenvalue weighted by Gasteiger charge is 2.28. The molecule has 0 aromatic heterocycles. The van der Waals surface area contributed by atoms with Gasteiger partial charge in [-0.1, -0.05) is 23.7 Å². The normalized spacial score (nSPS) is 18.4. The van der Waals surface area contributed by atoms with Crippen molar-refractivity contribution < 1.29 is 17.9 Å². The Morgan fingerprint density at radius 2 is 1.60 bits per heavy atom. The van der Waals surface area contributed by atoms with Gasteiger partial charge in [-0.05, 0) is 36.4 Å². The SMILES string of the molecule is O=C(c1cccc(S(=O)(=O)N2CCOCC2)c1)N1CCN(c2cccc(Cl)c2)CC1. The van der Waals surface area contributed by atoms with E-state index >= 15 is 0 Å².